The Morgan fingerprint density at radius 2 is 1.72 bits per heavy atom. The van der Waals surface area contributed by atoms with Crippen LogP contribution in [0.2, 0.25) is 0 Å². The molecule has 46 heavy (non-hydrogen) atoms. The highest BCUT2D eigenvalue weighted by Crippen LogP contribution is 2.33. The van der Waals surface area contributed by atoms with E-state index < -0.39 is 51.9 Å². The van der Waals surface area contributed by atoms with Crippen LogP contribution in [0, 0.1) is 6.92 Å². The molecule has 2 aromatic heterocycles. The van der Waals surface area contributed by atoms with Gasteiger partial charge in [0.15, 0.2) is 5.69 Å². The van der Waals surface area contributed by atoms with Gasteiger partial charge < -0.3 is 14.3 Å². The number of nitrogens with zero attached hydrogens (tertiary/aromatic N) is 5. The van der Waals surface area contributed by atoms with Crippen molar-refractivity contribution in [2.45, 2.75) is 70.0 Å². The van der Waals surface area contributed by atoms with Crippen LogP contribution in [0.4, 0.5) is 18.0 Å². The lowest BCUT2D eigenvalue weighted by atomic mass is 10.1. The molecule has 14 nitrogen and oxygen atoms in total. The first kappa shape index (κ1) is 32.5. The lowest BCUT2D eigenvalue weighted by Crippen LogP contribution is -2.61. The van der Waals surface area contributed by atoms with Crippen LogP contribution >= 0.6 is 0 Å². The van der Waals surface area contributed by atoms with Gasteiger partial charge in [0.1, 0.15) is 16.7 Å². The molecule has 0 saturated carbocycles. The second kappa shape index (κ2) is 11.8. The molecule has 0 spiro atoms. The minimum atomic E-state index is -4.70. The van der Waals surface area contributed by atoms with Gasteiger partial charge in [-0.25, -0.2) is 27.6 Å². The van der Waals surface area contributed by atoms with Gasteiger partial charge >= 0.3 is 12.3 Å². The smallest absolute Gasteiger partial charge is 0.428 e. The molecule has 5 rings (SSSR count). The van der Waals surface area contributed by atoms with E-state index >= 15 is 0 Å². The molecular formula is C28H31F3N6O8S. The summed E-state index contributed by atoms with van der Waals surface area (Å²) in [6.07, 6.45) is -6.49. The minimum Gasteiger partial charge on any atom is -0.428 e. The molecule has 3 heterocycles. The van der Waals surface area contributed by atoms with Gasteiger partial charge in [0.25, 0.3) is 22.2 Å². The van der Waals surface area contributed by atoms with Gasteiger partial charge in [-0.1, -0.05) is 29.8 Å². The molecule has 1 N–H and O–H groups in total. The third-order valence-corrected chi connectivity index (χ3v) is 8.00. The van der Waals surface area contributed by atoms with Crippen molar-refractivity contribution in [2.75, 3.05) is 11.6 Å². The summed E-state index contributed by atoms with van der Waals surface area (Å²) in [5.74, 6) is -0.854. The average molecular weight is 669 g/mol. The predicted octanol–water partition coefficient (Wildman–Crippen LogP) is 4.00. The summed E-state index contributed by atoms with van der Waals surface area (Å²) in [6.45, 7) is 8.57. The standard InChI is InChI=1S/C28H31F3N6O8S/c1-17-6-8-19(9-7-17)23-16-24(28(29,30)31)32-35(23)20-10-12-21(13-11-20)46(40,41)33-25(38)22-14-15-34(22)36-37(45-36)44-18(2)42-26(39)43-27(3,4)5/h6-13,16,18,22H,14-15H2,1-5H3,(H,33,38)/t18?,22-,36?,37?/m0/s1. The van der Waals surface area contributed by atoms with Crippen LogP contribution in [0.15, 0.2) is 64.1 Å². The van der Waals surface area contributed by atoms with Crippen molar-refractivity contribution in [3.05, 3.63) is 65.9 Å². The van der Waals surface area contributed by atoms with Gasteiger partial charge in [0.2, 0.25) is 0 Å². The van der Waals surface area contributed by atoms with E-state index in [4.69, 9.17) is 18.9 Å². The topological polar surface area (TPSA) is 152 Å². The van der Waals surface area contributed by atoms with Crippen LogP contribution in [0.3, 0.4) is 0 Å². The normalized spacial score (nSPS) is 16.1. The van der Waals surface area contributed by atoms with Gasteiger partial charge in [-0.3, -0.25) is 4.79 Å². The maximum atomic E-state index is 13.5. The Hall–Kier alpha value is -4.87. The van der Waals surface area contributed by atoms with E-state index in [0.717, 1.165) is 38.4 Å². The summed E-state index contributed by atoms with van der Waals surface area (Å²) < 4.78 is 84.9. The molecule has 1 unspecified atom stereocenters. The maximum absolute atomic E-state index is 13.5. The van der Waals surface area contributed by atoms with Crippen LogP contribution in [0.1, 0.15) is 45.4 Å². The average Bonchev–Trinajstić information content (AvgIpc) is 3.46. The number of sulfonamides is 1. The summed E-state index contributed by atoms with van der Waals surface area (Å²) in [5, 5.41) is 5.93. The molecule has 1 fully saturated rings. The molecule has 0 bridgehead atoms. The summed E-state index contributed by atoms with van der Waals surface area (Å²) >= 11 is 0. The molecule has 248 valence electrons. The molecule has 1 aliphatic rings. The Balaban J connectivity index is 1.24. The van der Waals surface area contributed by atoms with Crippen LogP contribution in [0.5, 0.6) is 0 Å². The summed E-state index contributed by atoms with van der Waals surface area (Å²) in [4.78, 5) is 30.7. The zero-order valence-corrected chi connectivity index (χ0v) is 26.1. The molecule has 1 saturated heterocycles. The number of rotatable bonds is 9. The first-order chi connectivity index (χ1) is 21.4. The lowest BCUT2D eigenvalue weighted by molar-refractivity contribution is -0.143. The van der Waals surface area contributed by atoms with Crippen molar-refractivity contribution in [2.24, 2.45) is 0 Å². The van der Waals surface area contributed by atoms with E-state index in [1.54, 1.807) is 45.0 Å². The fourth-order valence-corrected chi connectivity index (χ4v) is 5.33. The highest BCUT2D eigenvalue weighted by Gasteiger charge is 2.42. The molecule has 2 aromatic carbocycles. The minimum absolute atomic E-state index is 0.155. The molecule has 1 aliphatic heterocycles. The molecule has 1 amide bonds. The second-order valence-corrected chi connectivity index (χ2v) is 13.1. The maximum Gasteiger partial charge on any atom is 0.511 e. The highest BCUT2D eigenvalue weighted by atomic mass is 32.2. The third kappa shape index (κ3) is 7.32. The fourth-order valence-electron chi connectivity index (χ4n) is 4.32. The lowest BCUT2D eigenvalue weighted by Gasteiger charge is -2.35. The summed E-state index contributed by atoms with van der Waals surface area (Å²) in [7, 11) is -4.37. The van der Waals surface area contributed by atoms with Crippen molar-refractivity contribution in [1.29, 1.82) is 0 Å². The predicted molar refractivity (Wildman–Crippen MR) is 154 cm³/mol. The zero-order valence-electron chi connectivity index (χ0n) is 25.3. The van der Waals surface area contributed by atoms with E-state index in [-0.39, 0.29) is 16.3 Å². The van der Waals surface area contributed by atoms with Gasteiger partial charge in [0, 0.05) is 19.0 Å². The Kier molecular flexibility index (Phi) is 8.35. The SMILES string of the molecule is Cc1ccc(-c2cc(C(F)(F)F)nn2-c2ccc(S(=O)(=O)NC(=O)[C@@H]3CCN3n3on3OC(C)OC(=O)OC(C)(C)C)cc2)cc1. The third-order valence-electron chi connectivity index (χ3n) is 6.64. The first-order valence-corrected chi connectivity index (χ1v) is 15.4. The number of ether oxygens (including phenoxy) is 2. The van der Waals surface area contributed by atoms with Gasteiger partial charge in [-0.05, 0) is 64.4 Å². The fraction of sp³-hybridized carbons (Fsp3) is 0.393. The van der Waals surface area contributed by atoms with E-state index in [0.29, 0.717) is 18.5 Å². The summed E-state index contributed by atoms with van der Waals surface area (Å²) in [6, 6.07) is 11.7. The van der Waals surface area contributed by atoms with Crippen molar-refractivity contribution < 1.29 is 50.1 Å². The Morgan fingerprint density at radius 1 is 1.07 bits per heavy atom. The number of hydrogen-bond acceptors (Lipinski definition) is 10. The number of aryl methyl sites for hydroxylation is 1. The first-order valence-electron chi connectivity index (χ1n) is 13.9. The molecule has 0 aliphatic carbocycles. The van der Waals surface area contributed by atoms with Crippen LogP contribution in [-0.2, 0) is 30.5 Å². The number of aromatic nitrogens is 4. The molecule has 18 heteroatoms. The van der Waals surface area contributed by atoms with Crippen molar-refractivity contribution >= 4 is 22.1 Å². The van der Waals surface area contributed by atoms with E-state index in [1.165, 1.54) is 24.1 Å². The zero-order chi connectivity index (χ0) is 33.6. The van der Waals surface area contributed by atoms with Gasteiger partial charge in [0.05, 0.1) is 21.2 Å². The number of nitrogens with one attached hydrogen (secondary N) is 1. The molecular weight excluding hydrogens is 637 g/mol. The van der Waals surface area contributed by atoms with Gasteiger partial charge in [-0.15, -0.1) is 0 Å². The number of halogens is 3. The van der Waals surface area contributed by atoms with Crippen LogP contribution in [-0.4, -0.2) is 64.7 Å². The number of alkyl halides is 3. The quantitative estimate of drug-likeness (QED) is 0.205. The molecule has 4 aromatic rings. The Labute approximate surface area is 261 Å². The van der Waals surface area contributed by atoms with Crippen molar-refractivity contribution in [1.82, 2.24) is 24.5 Å². The second-order valence-electron chi connectivity index (χ2n) is 11.4. The largest absolute Gasteiger partial charge is 0.511 e. The number of amides is 1. The van der Waals surface area contributed by atoms with Crippen molar-refractivity contribution in [3.63, 3.8) is 0 Å². The Morgan fingerprint density at radius 3 is 2.28 bits per heavy atom. The number of benzene rings is 2. The van der Waals surface area contributed by atoms with E-state index in [2.05, 4.69) is 5.10 Å². The van der Waals surface area contributed by atoms with Crippen molar-refractivity contribution in [3.8, 4) is 16.9 Å². The van der Waals surface area contributed by atoms with Gasteiger partial charge in [-0.2, -0.15) is 22.9 Å². The van der Waals surface area contributed by atoms with Crippen LogP contribution < -0.4 is 14.6 Å². The van der Waals surface area contributed by atoms with Crippen LogP contribution in [0.25, 0.3) is 16.9 Å². The van der Waals surface area contributed by atoms with E-state index in [1.807, 2.05) is 11.6 Å². The number of carbonyl (C=O) groups is 2. The van der Waals surface area contributed by atoms with E-state index in [9.17, 15) is 31.2 Å². The monoisotopic (exact) mass is 668 g/mol. The highest BCUT2D eigenvalue weighted by molar-refractivity contribution is 7.90. The molecule has 2 atom stereocenters. The summed E-state index contributed by atoms with van der Waals surface area (Å²) in [5.41, 5.74) is -0.161. The number of carbonyl (C=O) groups excluding carboxylic acids is 2. The molecule has 0 radical (unpaired) electrons. The number of hydrogen-bond donors (Lipinski definition) is 1. The Bertz CT molecular complexity index is 1820.